The first kappa shape index (κ1) is 31.8. The smallest absolute Gasteiger partial charge is 0.0120 e. The molecule has 0 N–H and O–H groups in total. The molecule has 3 aromatic carbocycles. The molecule has 0 fully saturated rings. The average Bonchev–Trinajstić information content (AvgIpc) is 3.38. The molecule has 6 rings (SSSR count). The summed E-state index contributed by atoms with van der Waals surface area (Å²) in [7, 11) is 0. The fourth-order valence-electron chi connectivity index (χ4n) is 7.25. The van der Waals surface area contributed by atoms with E-state index in [9.17, 15) is 0 Å². The minimum Gasteiger partial charge on any atom is -0.0991 e. The third kappa shape index (κ3) is 5.88. The van der Waals surface area contributed by atoms with Gasteiger partial charge >= 0.3 is 0 Å². The third-order valence-corrected chi connectivity index (χ3v) is 10.6. The van der Waals surface area contributed by atoms with Gasteiger partial charge in [-0.15, -0.1) is 0 Å². The SMILES string of the molecule is C=C/C=C1\Cc2ccccc2C1(C)C.CC1=C2Cc3c(ccc(-c4ccccc4)c3C2(C)C)C(C)C1C.CCC(C)C. The molecule has 0 saturated carbocycles. The molecule has 42 heavy (non-hydrogen) atoms. The van der Waals surface area contributed by atoms with Crippen LogP contribution in [0.2, 0.25) is 0 Å². The first-order valence-electron chi connectivity index (χ1n) is 16.2. The van der Waals surface area contributed by atoms with Gasteiger partial charge in [-0.2, -0.15) is 0 Å². The normalized spacial score (nSPS) is 21.6. The molecular weight excluding hydrogens is 504 g/mol. The van der Waals surface area contributed by atoms with Crippen molar-refractivity contribution in [2.24, 2.45) is 11.8 Å². The predicted molar refractivity (Wildman–Crippen MR) is 185 cm³/mol. The summed E-state index contributed by atoms with van der Waals surface area (Å²) < 4.78 is 0. The van der Waals surface area contributed by atoms with E-state index in [1.807, 2.05) is 6.08 Å². The maximum Gasteiger partial charge on any atom is 0.0120 e. The first-order chi connectivity index (χ1) is 19.9. The highest BCUT2D eigenvalue weighted by Gasteiger charge is 2.43. The van der Waals surface area contributed by atoms with Gasteiger partial charge in [0.15, 0.2) is 0 Å². The second kappa shape index (κ2) is 12.6. The summed E-state index contributed by atoms with van der Waals surface area (Å²) in [5, 5.41) is 0. The van der Waals surface area contributed by atoms with Crippen LogP contribution in [0, 0.1) is 11.8 Å². The summed E-state index contributed by atoms with van der Waals surface area (Å²) in [5.41, 5.74) is 15.6. The number of fused-ring (bicyclic) bond motifs is 2. The highest BCUT2D eigenvalue weighted by molar-refractivity contribution is 5.76. The Morgan fingerprint density at radius 2 is 1.45 bits per heavy atom. The van der Waals surface area contributed by atoms with Gasteiger partial charge in [0.25, 0.3) is 0 Å². The lowest BCUT2D eigenvalue weighted by molar-refractivity contribution is 0.532. The van der Waals surface area contributed by atoms with Crippen LogP contribution in [0.5, 0.6) is 0 Å². The molecule has 2 atom stereocenters. The molecule has 3 aliphatic carbocycles. The Morgan fingerprint density at radius 3 is 2.05 bits per heavy atom. The Hall–Kier alpha value is -3.12. The molecule has 0 nitrogen and oxygen atoms in total. The number of benzene rings is 3. The van der Waals surface area contributed by atoms with Gasteiger partial charge in [-0.3, -0.25) is 0 Å². The summed E-state index contributed by atoms with van der Waals surface area (Å²) in [6.45, 7) is 27.0. The van der Waals surface area contributed by atoms with Gasteiger partial charge < -0.3 is 0 Å². The molecule has 0 amide bonds. The zero-order chi connectivity index (χ0) is 30.8. The summed E-state index contributed by atoms with van der Waals surface area (Å²) in [4.78, 5) is 0. The molecule has 2 unspecified atom stereocenters. The number of rotatable bonds is 3. The van der Waals surface area contributed by atoms with E-state index in [-0.39, 0.29) is 10.8 Å². The lowest BCUT2D eigenvalue weighted by atomic mass is 9.71. The Balaban J connectivity index is 0.000000181. The van der Waals surface area contributed by atoms with Crippen molar-refractivity contribution in [1.82, 2.24) is 0 Å². The zero-order valence-corrected chi connectivity index (χ0v) is 28.1. The van der Waals surface area contributed by atoms with Gasteiger partial charge in [-0.25, -0.2) is 0 Å². The summed E-state index contributed by atoms with van der Waals surface area (Å²) in [6, 6.07) is 24.4. The van der Waals surface area contributed by atoms with Crippen LogP contribution in [0.1, 0.15) is 109 Å². The van der Waals surface area contributed by atoms with Gasteiger partial charge in [0, 0.05) is 10.8 Å². The van der Waals surface area contributed by atoms with Crippen LogP contribution in [0.3, 0.4) is 0 Å². The summed E-state index contributed by atoms with van der Waals surface area (Å²) in [5.74, 6) is 2.14. The maximum atomic E-state index is 3.78. The van der Waals surface area contributed by atoms with Crippen LogP contribution in [-0.2, 0) is 23.7 Å². The van der Waals surface area contributed by atoms with Gasteiger partial charge in [0.1, 0.15) is 0 Å². The minimum absolute atomic E-state index is 0.148. The Kier molecular flexibility index (Phi) is 9.56. The van der Waals surface area contributed by atoms with Crippen molar-refractivity contribution in [3.8, 4) is 11.1 Å². The quantitative estimate of drug-likeness (QED) is 0.280. The van der Waals surface area contributed by atoms with Crippen molar-refractivity contribution in [1.29, 1.82) is 0 Å². The highest BCUT2D eigenvalue weighted by atomic mass is 14.5. The van der Waals surface area contributed by atoms with Crippen LogP contribution >= 0.6 is 0 Å². The van der Waals surface area contributed by atoms with E-state index in [4.69, 9.17) is 0 Å². The van der Waals surface area contributed by atoms with Crippen molar-refractivity contribution in [3.63, 3.8) is 0 Å². The van der Waals surface area contributed by atoms with E-state index in [1.165, 1.54) is 34.2 Å². The molecule has 0 heteroatoms. The molecular formula is C42H54. The molecule has 0 saturated heterocycles. The molecule has 0 aliphatic heterocycles. The fourth-order valence-corrected chi connectivity index (χ4v) is 7.25. The molecule has 0 aromatic heterocycles. The van der Waals surface area contributed by atoms with E-state index in [2.05, 4.69) is 149 Å². The molecule has 0 spiro atoms. The van der Waals surface area contributed by atoms with Gasteiger partial charge in [-0.1, -0.05) is 171 Å². The molecule has 0 radical (unpaired) electrons. The second-order valence-electron chi connectivity index (χ2n) is 14.2. The van der Waals surface area contributed by atoms with Gasteiger partial charge in [0.2, 0.25) is 0 Å². The molecule has 3 aliphatic rings. The molecule has 3 aromatic rings. The Labute approximate surface area is 257 Å². The summed E-state index contributed by atoms with van der Waals surface area (Å²) >= 11 is 0. The number of allylic oxidation sites excluding steroid dienone is 5. The zero-order valence-electron chi connectivity index (χ0n) is 28.1. The van der Waals surface area contributed by atoms with E-state index in [0.29, 0.717) is 11.8 Å². The van der Waals surface area contributed by atoms with Crippen LogP contribution in [0.25, 0.3) is 11.1 Å². The van der Waals surface area contributed by atoms with Crippen molar-refractivity contribution in [3.05, 3.63) is 130 Å². The lowest BCUT2D eigenvalue weighted by Gasteiger charge is -2.33. The minimum atomic E-state index is 0.148. The first-order valence-corrected chi connectivity index (χ1v) is 16.2. The van der Waals surface area contributed by atoms with Crippen molar-refractivity contribution in [2.75, 3.05) is 0 Å². The largest absolute Gasteiger partial charge is 0.0991 e. The van der Waals surface area contributed by atoms with E-state index in [0.717, 1.165) is 18.8 Å². The van der Waals surface area contributed by atoms with Crippen molar-refractivity contribution in [2.45, 2.75) is 105 Å². The topological polar surface area (TPSA) is 0 Å². The van der Waals surface area contributed by atoms with Crippen LogP contribution in [0.4, 0.5) is 0 Å². The van der Waals surface area contributed by atoms with E-state index < -0.39 is 0 Å². The Morgan fingerprint density at radius 1 is 0.833 bits per heavy atom. The highest BCUT2D eigenvalue weighted by Crippen LogP contribution is 2.54. The lowest BCUT2D eigenvalue weighted by Crippen LogP contribution is -2.22. The third-order valence-electron chi connectivity index (χ3n) is 10.6. The van der Waals surface area contributed by atoms with Gasteiger partial charge in [0.05, 0.1) is 0 Å². The standard InChI is InChI=1S/C23H26.C14H16.C5H12/c1-14-15(2)18-11-12-19(17-9-7-6-8-10-17)22-20(18)13-21(16(14)3)23(22,4)5;1-4-7-12-10-11-8-5-6-9-13(11)14(12,2)3;1-4-5(2)3/h6-12,14-15H,13H2,1-5H3;4-9H,1,10H2,2-3H3;5H,4H2,1-3H3/b;12-7+;. The van der Waals surface area contributed by atoms with Crippen LogP contribution in [-0.4, -0.2) is 0 Å². The van der Waals surface area contributed by atoms with Crippen LogP contribution < -0.4 is 0 Å². The maximum absolute atomic E-state index is 3.78. The average molecular weight is 559 g/mol. The van der Waals surface area contributed by atoms with Gasteiger partial charge in [-0.05, 0) is 76.5 Å². The molecule has 0 heterocycles. The predicted octanol–water partition coefficient (Wildman–Crippen LogP) is 11.9. The van der Waals surface area contributed by atoms with Crippen LogP contribution in [0.15, 0.2) is 102 Å². The fraction of sp³-hybridized carbons (Fsp3) is 0.429. The second-order valence-corrected chi connectivity index (χ2v) is 14.2. The van der Waals surface area contributed by atoms with Crippen molar-refractivity contribution >= 4 is 0 Å². The van der Waals surface area contributed by atoms with E-state index >= 15 is 0 Å². The monoisotopic (exact) mass is 558 g/mol. The Bertz CT molecular complexity index is 1470. The summed E-state index contributed by atoms with van der Waals surface area (Å²) in [6.07, 6.45) is 7.58. The van der Waals surface area contributed by atoms with Crippen molar-refractivity contribution < 1.29 is 0 Å². The van der Waals surface area contributed by atoms with E-state index in [1.54, 1.807) is 27.8 Å². The number of hydrogen-bond donors (Lipinski definition) is 0. The number of hydrogen-bond acceptors (Lipinski definition) is 0. The molecule has 222 valence electrons. The molecule has 2 bridgehead atoms.